The molecule has 1 saturated heterocycles. The number of amides is 2. The van der Waals surface area contributed by atoms with Crippen molar-refractivity contribution in [3.8, 4) is 0 Å². The minimum atomic E-state index is -3.10. The Bertz CT molecular complexity index is 758. The first-order valence-electron chi connectivity index (χ1n) is 7.25. The monoisotopic (exact) mass is 375 g/mol. The van der Waals surface area contributed by atoms with Crippen LogP contribution in [0.1, 0.15) is 23.0 Å². The number of nitrogens with one attached hydrogen (secondary N) is 1. The van der Waals surface area contributed by atoms with E-state index in [1.807, 2.05) is 0 Å². The van der Waals surface area contributed by atoms with Crippen LogP contribution in [0.4, 0.5) is 5.00 Å². The maximum Gasteiger partial charge on any atom is 0.324 e. The molecule has 2 heterocycles. The molecule has 0 radical (unpaired) electrons. The van der Waals surface area contributed by atoms with Crippen LogP contribution in [0.5, 0.6) is 0 Å². The molecular weight excluding hydrogens is 358 g/mol. The van der Waals surface area contributed by atoms with Gasteiger partial charge in [0.25, 0.3) is 5.91 Å². The van der Waals surface area contributed by atoms with Crippen molar-refractivity contribution < 1.29 is 22.9 Å². The highest BCUT2D eigenvalue weighted by Crippen LogP contribution is 2.25. The van der Waals surface area contributed by atoms with Crippen molar-refractivity contribution in [2.75, 3.05) is 24.6 Å². The van der Waals surface area contributed by atoms with Gasteiger partial charge in [-0.3, -0.25) is 19.7 Å². The third kappa shape index (κ3) is 4.51. The molecular formula is C13H17N3O6S2. The summed E-state index contributed by atoms with van der Waals surface area (Å²) in [5.74, 6) is -0.952. The fourth-order valence-electron chi connectivity index (χ4n) is 2.38. The van der Waals surface area contributed by atoms with Gasteiger partial charge in [0.15, 0.2) is 9.84 Å². The summed E-state index contributed by atoms with van der Waals surface area (Å²) >= 11 is 0.751. The number of nitrogens with zero attached hydrogens (tertiary/aromatic N) is 2. The summed E-state index contributed by atoms with van der Waals surface area (Å²) in [7, 11) is -3.10. The Labute approximate surface area is 142 Å². The molecule has 0 unspecified atom stereocenters. The first kappa shape index (κ1) is 18.3. The zero-order valence-corrected chi connectivity index (χ0v) is 14.6. The van der Waals surface area contributed by atoms with Gasteiger partial charge in [0.05, 0.1) is 27.9 Å². The molecule has 0 spiro atoms. The van der Waals surface area contributed by atoms with E-state index in [0.717, 1.165) is 11.3 Å². The van der Waals surface area contributed by atoms with Gasteiger partial charge >= 0.3 is 5.00 Å². The Hall–Kier alpha value is -2.01. The van der Waals surface area contributed by atoms with E-state index in [2.05, 4.69) is 5.32 Å². The van der Waals surface area contributed by atoms with Crippen molar-refractivity contribution in [3.05, 3.63) is 27.1 Å². The molecule has 24 heavy (non-hydrogen) atoms. The molecule has 1 atom stereocenters. The Morgan fingerprint density at radius 2 is 2.17 bits per heavy atom. The number of rotatable bonds is 6. The van der Waals surface area contributed by atoms with Crippen LogP contribution in [0, 0.1) is 10.1 Å². The quantitative estimate of drug-likeness (QED) is 0.567. The largest absolute Gasteiger partial charge is 0.351 e. The van der Waals surface area contributed by atoms with Crippen molar-refractivity contribution in [1.29, 1.82) is 0 Å². The Kier molecular flexibility index (Phi) is 5.54. The fourth-order valence-corrected chi connectivity index (χ4v) is 4.84. The minimum absolute atomic E-state index is 0.0488. The molecule has 0 bridgehead atoms. The third-order valence-electron chi connectivity index (χ3n) is 3.58. The zero-order valence-electron chi connectivity index (χ0n) is 12.9. The molecule has 1 aromatic rings. The predicted molar refractivity (Wildman–Crippen MR) is 87.8 cm³/mol. The van der Waals surface area contributed by atoms with E-state index in [1.54, 1.807) is 6.92 Å². The lowest BCUT2D eigenvalue weighted by molar-refractivity contribution is -0.380. The van der Waals surface area contributed by atoms with E-state index in [4.69, 9.17) is 0 Å². The summed E-state index contributed by atoms with van der Waals surface area (Å²) in [6.45, 7) is 1.71. The summed E-state index contributed by atoms with van der Waals surface area (Å²) < 4.78 is 22.8. The minimum Gasteiger partial charge on any atom is -0.351 e. The standard InChI is InChI=1S/C13H17N3O6S2/c1-2-15(13(18)10-3-4-12(23-10)16(19)20)7-11(17)14-9-5-6-24(21,22)8-9/h3-4,9H,2,5-8H2,1H3,(H,14,17)/t9-/m0/s1. The van der Waals surface area contributed by atoms with Gasteiger partial charge in [-0.2, -0.15) is 0 Å². The SMILES string of the molecule is CCN(CC(=O)N[C@H]1CCS(=O)(=O)C1)C(=O)c1ccc([N+](=O)[O-])s1. The summed E-state index contributed by atoms with van der Waals surface area (Å²) in [6.07, 6.45) is 0.366. The van der Waals surface area contributed by atoms with E-state index in [0.29, 0.717) is 6.42 Å². The van der Waals surface area contributed by atoms with Gasteiger partial charge in [-0.15, -0.1) is 0 Å². The summed E-state index contributed by atoms with van der Waals surface area (Å²) in [5, 5.41) is 13.1. The summed E-state index contributed by atoms with van der Waals surface area (Å²) in [6, 6.07) is 2.17. The van der Waals surface area contributed by atoms with Gasteiger partial charge in [-0.25, -0.2) is 8.42 Å². The van der Waals surface area contributed by atoms with E-state index in [-0.39, 0.29) is 34.5 Å². The van der Waals surface area contributed by atoms with Crippen LogP contribution in [0.3, 0.4) is 0 Å². The molecule has 9 nitrogen and oxygen atoms in total. The molecule has 132 valence electrons. The first-order chi connectivity index (χ1) is 11.2. The molecule has 0 aliphatic carbocycles. The van der Waals surface area contributed by atoms with Crippen molar-refractivity contribution in [1.82, 2.24) is 10.2 Å². The molecule has 11 heteroatoms. The number of likely N-dealkylation sites (N-methyl/N-ethyl adjacent to an activating group) is 1. The lowest BCUT2D eigenvalue weighted by Crippen LogP contribution is -2.44. The van der Waals surface area contributed by atoms with E-state index >= 15 is 0 Å². The normalized spacial score (nSPS) is 19.0. The number of hydrogen-bond acceptors (Lipinski definition) is 7. The average molecular weight is 375 g/mol. The Balaban J connectivity index is 1.96. The number of hydrogen-bond donors (Lipinski definition) is 1. The highest BCUT2D eigenvalue weighted by Gasteiger charge is 2.29. The van der Waals surface area contributed by atoms with Crippen LogP contribution in [0.2, 0.25) is 0 Å². The molecule has 1 aromatic heterocycles. The van der Waals surface area contributed by atoms with Crippen LogP contribution < -0.4 is 5.32 Å². The van der Waals surface area contributed by atoms with Crippen LogP contribution in [0.15, 0.2) is 12.1 Å². The fraction of sp³-hybridized carbons (Fsp3) is 0.538. The van der Waals surface area contributed by atoms with Crippen molar-refractivity contribution >= 4 is 38.0 Å². The van der Waals surface area contributed by atoms with Gasteiger partial charge in [0.2, 0.25) is 5.91 Å². The average Bonchev–Trinajstić information content (AvgIpc) is 3.11. The van der Waals surface area contributed by atoms with Crippen LogP contribution in [-0.2, 0) is 14.6 Å². The molecule has 1 N–H and O–H groups in total. The molecule has 1 fully saturated rings. The molecule has 0 saturated carbocycles. The molecule has 2 rings (SSSR count). The van der Waals surface area contributed by atoms with Gasteiger partial charge < -0.3 is 10.2 Å². The van der Waals surface area contributed by atoms with Crippen LogP contribution in [-0.4, -0.2) is 60.7 Å². The number of sulfone groups is 1. The number of nitro groups is 1. The zero-order chi connectivity index (χ0) is 17.9. The summed E-state index contributed by atoms with van der Waals surface area (Å²) in [5.41, 5.74) is 0. The van der Waals surface area contributed by atoms with Gasteiger partial charge in [0.1, 0.15) is 0 Å². The maximum absolute atomic E-state index is 12.3. The molecule has 1 aliphatic rings. The lowest BCUT2D eigenvalue weighted by atomic mass is 10.2. The predicted octanol–water partition coefficient (Wildman–Crippen LogP) is 0.422. The Morgan fingerprint density at radius 1 is 1.46 bits per heavy atom. The van der Waals surface area contributed by atoms with Crippen LogP contribution >= 0.6 is 11.3 Å². The second-order valence-corrected chi connectivity index (χ2v) is 8.67. The van der Waals surface area contributed by atoms with E-state index in [1.165, 1.54) is 17.0 Å². The van der Waals surface area contributed by atoms with Crippen molar-refractivity contribution in [2.24, 2.45) is 0 Å². The second-order valence-electron chi connectivity index (χ2n) is 5.38. The molecule has 0 aromatic carbocycles. The second kappa shape index (κ2) is 7.26. The number of thiophene rings is 1. The maximum atomic E-state index is 12.3. The number of carbonyl (C=O) groups is 2. The Morgan fingerprint density at radius 3 is 2.67 bits per heavy atom. The van der Waals surface area contributed by atoms with Gasteiger partial charge in [0, 0.05) is 18.7 Å². The number of carbonyl (C=O) groups excluding carboxylic acids is 2. The van der Waals surface area contributed by atoms with Crippen molar-refractivity contribution in [2.45, 2.75) is 19.4 Å². The van der Waals surface area contributed by atoms with Gasteiger partial charge in [-0.1, -0.05) is 11.3 Å². The highest BCUT2D eigenvalue weighted by atomic mass is 32.2. The van der Waals surface area contributed by atoms with E-state index < -0.39 is 32.6 Å². The third-order valence-corrected chi connectivity index (χ3v) is 6.38. The van der Waals surface area contributed by atoms with Gasteiger partial charge in [-0.05, 0) is 19.4 Å². The smallest absolute Gasteiger partial charge is 0.324 e. The first-order valence-corrected chi connectivity index (χ1v) is 9.89. The summed E-state index contributed by atoms with van der Waals surface area (Å²) in [4.78, 5) is 35.9. The highest BCUT2D eigenvalue weighted by molar-refractivity contribution is 7.91. The van der Waals surface area contributed by atoms with Crippen molar-refractivity contribution in [3.63, 3.8) is 0 Å². The molecule has 2 amide bonds. The molecule has 1 aliphatic heterocycles. The lowest BCUT2D eigenvalue weighted by Gasteiger charge is -2.20. The topological polar surface area (TPSA) is 127 Å². The van der Waals surface area contributed by atoms with Crippen LogP contribution in [0.25, 0.3) is 0 Å². The van der Waals surface area contributed by atoms with E-state index in [9.17, 15) is 28.1 Å².